The lowest BCUT2D eigenvalue weighted by Gasteiger charge is -2.41. The van der Waals surface area contributed by atoms with E-state index in [9.17, 15) is 4.39 Å². The minimum absolute atomic E-state index is 0.0978. The van der Waals surface area contributed by atoms with Crippen LogP contribution in [0.1, 0.15) is 24.4 Å². The van der Waals surface area contributed by atoms with Crippen molar-refractivity contribution < 1.29 is 9.13 Å². The van der Waals surface area contributed by atoms with Crippen molar-refractivity contribution in [2.24, 2.45) is 5.92 Å². The molecule has 2 aliphatic heterocycles. The number of hydrogen-bond donors (Lipinski definition) is 1. The van der Waals surface area contributed by atoms with Crippen LogP contribution in [0.2, 0.25) is 0 Å². The van der Waals surface area contributed by atoms with Crippen molar-refractivity contribution in [3.8, 4) is 0 Å². The zero-order valence-electron chi connectivity index (χ0n) is 12.2. The van der Waals surface area contributed by atoms with E-state index in [2.05, 4.69) is 26.1 Å². The smallest absolute Gasteiger partial charge is 0.129 e. The van der Waals surface area contributed by atoms with Gasteiger partial charge in [-0.25, -0.2) is 4.39 Å². The summed E-state index contributed by atoms with van der Waals surface area (Å²) in [6, 6.07) is 5.44. The lowest BCUT2D eigenvalue weighted by molar-refractivity contribution is 0.0200. The van der Waals surface area contributed by atoms with Gasteiger partial charge in [0.2, 0.25) is 0 Å². The molecule has 0 amide bonds. The predicted octanol–water partition coefficient (Wildman–Crippen LogP) is 2.96. The molecule has 5 heteroatoms. The number of hydrogen-bond acceptors (Lipinski definition) is 3. The maximum absolute atomic E-state index is 14.5. The van der Waals surface area contributed by atoms with Crippen LogP contribution in [0.25, 0.3) is 0 Å². The maximum Gasteiger partial charge on any atom is 0.129 e. The Bertz CT molecular complexity index is 435. The molecule has 2 heterocycles. The van der Waals surface area contributed by atoms with E-state index in [-0.39, 0.29) is 11.9 Å². The van der Waals surface area contributed by atoms with Crippen LogP contribution in [0, 0.1) is 11.7 Å². The van der Waals surface area contributed by atoms with E-state index in [1.807, 2.05) is 6.07 Å². The molecule has 0 aliphatic carbocycles. The van der Waals surface area contributed by atoms with Crippen molar-refractivity contribution in [1.82, 2.24) is 10.2 Å². The van der Waals surface area contributed by atoms with Crippen molar-refractivity contribution in [3.05, 3.63) is 34.1 Å². The van der Waals surface area contributed by atoms with E-state index < -0.39 is 0 Å². The van der Waals surface area contributed by atoms with Crippen molar-refractivity contribution >= 4 is 15.9 Å². The second kappa shape index (κ2) is 7.18. The Hall–Kier alpha value is -0.490. The lowest BCUT2D eigenvalue weighted by atomic mass is 9.85. The number of nitrogens with zero attached hydrogens (tertiary/aromatic N) is 1. The number of piperazine rings is 1. The Labute approximate surface area is 134 Å². The topological polar surface area (TPSA) is 24.5 Å². The monoisotopic (exact) mass is 356 g/mol. The molecule has 1 aromatic rings. The Morgan fingerprint density at radius 3 is 2.62 bits per heavy atom. The minimum atomic E-state index is -0.0978. The van der Waals surface area contributed by atoms with Gasteiger partial charge < -0.3 is 10.1 Å². The molecule has 3 nitrogen and oxygen atoms in total. The summed E-state index contributed by atoms with van der Waals surface area (Å²) in [7, 11) is 0. The van der Waals surface area contributed by atoms with Crippen LogP contribution in [0.4, 0.5) is 4.39 Å². The van der Waals surface area contributed by atoms with E-state index in [1.54, 1.807) is 12.1 Å². The van der Waals surface area contributed by atoms with Crippen LogP contribution in [0.5, 0.6) is 0 Å². The molecule has 0 unspecified atom stereocenters. The van der Waals surface area contributed by atoms with E-state index in [4.69, 9.17) is 4.74 Å². The second-order valence-electron chi connectivity index (χ2n) is 5.82. The molecule has 116 valence electrons. The molecule has 2 fully saturated rings. The molecule has 21 heavy (non-hydrogen) atoms. The van der Waals surface area contributed by atoms with Crippen molar-refractivity contribution in [3.63, 3.8) is 0 Å². The predicted molar refractivity (Wildman–Crippen MR) is 84.8 cm³/mol. The average molecular weight is 357 g/mol. The fraction of sp³-hybridized carbons (Fsp3) is 0.625. The summed E-state index contributed by atoms with van der Waals surface area (Å²) in [5.41, 5.74) is 0.825. The zero-order valence-corrected chi connectivity index (χ0v) is 13.7. The molecular weight excluding hydrogens is 335 g/mol. The van der Waals surface area contributed by atoms with Crippen LogP contribution in [-0.4, -0.2) is 44.3 Å². The lowest BCUT2D eigenvalue weighted by Crippen LogP contribution is -2.47. The van der Waals surface area contributed by atoms with E-state index in [1.165, 1.54) is 0 Å². The molecule has 2 saturated heterocycles. The summed E-state index contributed by atoms with van der Waals surface area (Å²) in [5.74, 6) is 0.365. The summed E-state index contributed by atoms with van der Waals surface area (Å²) < 4.78 is 20.9. The zero-order chi connectivity index (χ0) is 14.7. The molecule has 1 atom stereocenters. The van der Waals surface area contributed by atoms with Gasteiger partial charge in [0.1, 0.15) is 5.82 Å². The summed E-state index contributed by atoms with van der Waals surface area (Å²) >= 11 is 3.57. The SMILES string of the molecule is Fc1cccc(Br)c1[C@@H](C1CCOCC1)N1CCNCC1. The van der Waals surface area contributed by atoms with Gasteiger partial charge in [-0.2, -0.15) is 0 Å². The molecule has 0 bridgehead atoms. The molecule has 0 spiro atoms. The highest BCUT2D eigenvalue weighted by molar-refractivity contribution is 9.10. The summed E-state index contributed by atoms with van der Waals surface area (Å²) in [6.07, 6.45) is 2.02. The molecule has 2 aliphatic rings. The van der Waals surface area contributed by atoms with Gasteiger partial charge in [-0.15, -0.1) is 0 Å². The van der Waals surface area contributed by atoms with Gasteiger partial charge in [-0.1, -0.05) is 22.0 Å². The Morgan fingerprint density at radius 1 is 1.24 bits per heavy atom. The van der Waals surface area contributed by atoms with Gasteiger partial charge in [-0.3, -0.25) is 4.90 Å². The quantitative estimate of drug-likeness (QED) is 0.900. The summed E-state index contributed by atoms with van der Waals surface area (Å²) in [4.78, 5) is 2.44. The number of nitrogens with one attached hydrogen (secondary N) is 1. The Morgan fingerprint density at radius 2 is 1.95 bits per heavy atom. The third-order valence-electron chi connectivity index (χ3n) is 4.55. The van der Waals surface area contributed by atoms with Gasteiger partial charge in [-0.05, 0) is 30.9 Å². The van der Waals surface area contributed by atoms with Crippen LogP contribution >= 0.6 is 15.9 Å². The molecule has 0 radical (unpaired) electrons. The molecular formula is C16H22BrFN2O. The second-order valence-corrected chi connectivity index (χ2v) is 6.67. The van der Waals surface area contributed by atoms with Crippen LogP contribution < -0.4 is 5.32 Å². The fourth-order valence-electron chi connectivity index (χ4n) is 3.50. The molecule has 1 aromatic carbocycles. The standard InChI is InChI=1S/C16H22BrFN2O/c17-13-2-1-3-14(18)15(13)16(12-4-10-21-11-5-12)20-8-6-19-7-9-20/h1-3,12,16,19H,4-11H2/t16-/m1/s1. The largest absolute Gasteiger partial charge is 0.381 e. The number of ether oxygens (including phenoxy) is 1. The normalized spacial score (nSPS) is 23.1. The van der Waals surface area contributed by atoms with Crippen molar-refractivity contribution in [2.75, 3.05) is 39.4 Å². The third kappa shape index (κ3) is 3.47. The molecule has 1 N–H and O–H groups in total. The van der Waals surface area contributed by atoms with Crippen LogP contribution in [-0.2, 0) is 4.74 Å². The first kappa shape index (κ1) is 15.4. The Balaban J connectivity index is 1.94. The van der Waals surface area contributed by atoms with Gasteiger partial charge in [0.15, 0.2) is 0 Å². The van der Waals surface area contributed by atoms with Crippen molar-refractivity contribution in [1.29, 1.82) is 0 Å². The number of halogens is 2. The van der Waals surface area contributed by atoms with E-state index >= 15 is 0 Å². The van der Waals surface area contributed by atoms with Gasteiger partial charge >= 0.3 is 0 Å². The highest BCUT2D eigenvalue weighted by Crippen LogP contribution is 2.39. The first-order valence-corrected chi connectivity index (χ1v) is 8.53. The fourth-order valence-corrected chi connectivity index (χ4v) is 4.08. The van der Waals surface area contributed by atoms with Gasteiger partial charge in [0.25, 0.3) is 0 Å². The van der Waals surface area contributed by atoms with Gasteiger partial charge in [0.05, 0.1) is 0 Å². The van der Waals surface area contributed by atoms with E-state index in [0.717, 1.165) is 62.3 Å². The minimum Gasteiger partial charge on any atom is -0.381 e. The average Bonchev–Trinajstić information content (AvgIpc) is 2.53. The van der Waals surface area contributed by atoms with Crippen LogP contribution in [0.15, 0.2) is 22.7 Å². The molecule has 3 rings (SSSR count). The highest BCUT2D eigenvalue weighted by Gasteiger charge is 2.34. The number of rotatable bonds is 3. The van der Waals surface area contributed by atoms with Crippen molar-refractivity contribution in [2.45, 2.75) is 18.9 Å². The third-order valence-corrected chi connectivity index (χ3v) is 5.24. The Kier molecular flexibility index (Phi) is 5.27. The maximum atomic E-state index is 14.5. The molecule has 0 aromatic heterocycles. The van der Waals surface area contributed by atoms with Gasteiger partial charge in [0, 0.05) is 55.5 Å². The van der Waals surface area contributed by atoms with E-state index in [0.29, 0.717) is 5.92 Å². The first-order valence-electron chi connectivity index (χ1n) is 7.74. The summed E-state index contributed by atoms with van der Waals surface area (Å²) in [5, 5.41) is 3.38. The first-order chi connectivity index (χ1) is 10.3. The number of benzene rings is 1. The van der Waals surface area contributed by atoms with Crippen LogP contribution in [0.3, 0.4) is 0 Å². The molecule has 0 saturated carbocycles. The highest BCUT2D eigenvalue weighted by atomic mass is 79.9. The summed E-state index contributed by atoms with van der Waals surface area (Å²) in [6.45, 7) is 5.49.